The summed E-state index contributed by atoms with van der Waals surface area (Å²) in [5.41, 5.74) is 7.50. The number of para-hydroxylation sites is 4. The summed E-state index contributed by atoms with van der Waals surface area (Å²) in [6, 6.07) is 22.1. The standard InChI is InChI=1S/C25H22N4O/c1-16-8-7-9-17(2)23(16)28-22(30)14-15-29-21-13-6-3-10-18(21)24-25(29)27-20-12-5-4-11-19(20)26-24/h3-13H,14-15H2,1-2H3,(H,28,30). The zero-order valence-corrected chi connectivity index (χ0v) is 17.0. The van der Waals surface area contributed by atoms with Crippen LogP contribution >= 0.6 is 0 Å². The number of amides is 1. The number of fused-ring (bicyclic) bond motifs is 4. The third-order valence-corrected chi connectivity index (χ3v) is 5.57. The van der Waals surface area contributed by atoms with Gasteiger partial charge in [-0.15, -0.1) is 0 Å². The number of hydrogen-bond acceptors (Lipinski definition) is 3. The number of rotatable bonds is 4. The molecular formula is C25H22N4O. The fourth-order valence-electron chi connectivity index (χ4n) is 4.04. The Bertz CT molecular complexity index is 1400. The van der Waals surface area contributed by atoms with Gasteiger partial charge in [-0.3, -0.25) is 4.79 Å². The smallest absolute Gasteiger partial charge is 0.226 e. The Morgan fingerprint density at radius 2 is 1.53 bits per heavy atom. The number of hydrogen-bond donors (Lipinski definition) is 1. The molecule has 5 aromatic rings. The van der Waals surface area contributed by atoms with Gasteiger partial charge in [-0.05, 0) is 43.2 Å². The summed E-state index contributed by atoms with van der Waals surface area (Å²) in [6.45, 7) is 4.56. The summed E-state index contributed by atoms with van der Waals surface area (Å²) in [6.07, 6.45) is 0.357. The summed E-state index contributed by atoms with van der Waals surface area (Å²) in [7, 11) is 0. The molecule has 0 aliphatic heterocycles. The van der Waals surface area contributed by atoms with Crippen molar-refractivity contribution in [2.45, 2.75) is 26.8 Å². The number of aryl methyl sites for hydroxylation is 3. The minimum absolute atomic E-state index is 0.00733. The number of nitrogens with zero attached hydrogens (tertiary/aromatic N) is 3. The van der Waals surface area contributed by atoms with E-state index in [2.05, 4.69) is 22.0 Å². The first-order valence-corrected chi connectivity index (χ1v) is 10.1. The number of carbonyl (C=O) groups is 1. The second-order valence-corrected chi connectivity index (χ2v) is 7.62. The van der Waals surface area contributed by atoms with Crippen LogP contribution in [-0.2, 0) is 11.3 Å². The van der Waals surface area contributed by atoms with Gasteiger partial charge in [0, 0.05) is 24.0 Å². The maximum Gasteiger partial charge on any atom is 0.226 e. The fourth-order valence-corrected chi connectivity index (χ4v) is 4.04. The molecule has 0 aliphatic carbocycles. The first kappa shape index (κ1) is 18.3. The third kappa shape index (κ3) is 3.08. The number of nitrogens with one attached hydrogen (secondary N) is 1. The van der Waals surface area contributed by atoms with Crippen LogP contribution in [0.4, 0.5) is 5.69 Å². The highest BCUT2D eigenvalue weighted by molar-refractivity contribution is 6.06. The lowest BCUT2D eigenvalue weighted by atomic mass is 10.1. The minimum Gasteiger partial charge on any atom is -0.326 e. The van der Waals surface area contributed by atoms with Crippen LogP contribution in [0.25, 0.3) is 33.1 Å². The number of aromatic nitrogens is 3. The van der Waals surface area contributed by atoms with E-state index >= 15 is 0 Å². The van der Waals surface area contributed by atoms with E-state index in [4.69, 9.17) is 9.97 Å². The van der Waals surface area contributed by atoms with Crippen LogP contribution in [0.1, 0.15) is 17.5 Å². The zero-order chi connectivity index (χ0) is 20.7. The molecule has 0 spiro atoms. The molecule has 5 rings (SSSR count). The van der Waals surface area contributed by atoms with Gasteiger partial charge in [-0.25, -0.2) is 9.97 Å². The number of benzene rings is 3. The summed E-state index contributed by atoms with van der Waals surface area (Å²) in [4.78, 5) is 22.5. The van der Waals surface area contributed by atoms with Crippen molar-refractivity contribution in [1.82, 2.24) is 14.5 Å². The van der Waals surface area contributed by atoms with Crippen molar-refractivity contribution in [1.29, 1.82) is 0 Å². The van der Waals surface area contributed by atoms with Gasteiger partial charge in [-0.1, -0.05) is 48.5 Å². The molecule has 2 aromatic heterocycles. The van der Waals surface area contributed by atoms with Crippen molar-refractivity contribution in [2.24, 2.45) is 0 Å². The van der Waals surface area contributed by atoms with Gasteiger partial charge in [0.25, 0.3) is 0 Å². The average Bonchev–Trinajstić information content (AvgIpc) is 3.06. The quantitative estimate of drug-likeness (QED) is 0.445. The SMILES string of the molecule is Cc1cccc(C)c1NC(=O)CCn1c2ccccc2c2nc3ccccc3nc21. The van der Waals surface area contributed by atoms with Gasteiger partial charge in [0.1, 0.15) is 5.52 Å². The predicted octanol–water partition coefficient (Wildman–Crippen LogP) is 5.38. The van der Waals surface area contributed by atoms with Crippen molar-refractivity contribution in [3.63, 3.8) is 0 Å². The van der Waals surface area contributed by atoms with Crippen molar-refractivity contribution < 1.29 is 4.79 Å². The van der Waals surface area contributed by atoms with E-state index in [1.165, 1.54) is 0 Å². The molecule has 3 aromatic carbocycles. The summed E-state index contributed by atoms with van der Waals surface area (Å²) in [5, 5.41) is 4.13. The van der Waals surface area contributed by atoms with Gasteiger partial charge in [0.05, 0.1) is 16.6 Å². The summed E-state index contributed by atoms with van der Waals surface area (Å²) >= 11 is 0. The van der Waals surface area contributed by atoms with E-state index in [0.717, 1.165) is 49.9 Å². The van der Waals surface area contributed by atoms with E-state index in [0.29, 0.717) is 13.0 Å². The Balaban J connectivity index is 1.52. The Kier molecular flexibility index (Phi) is 4.43. The molecule has 0 saturated carbocycles. The lowest BCUT2D eigenvalue weighted by molar-refractivity contribution is -0.116. The topological polar surface area (TPSA) is 59.8 Å². The first-order valence-electron chi connectivity index (χ1n) is 10.1. The highest BCUT2D eigenvalue weighted by Gasteiger charge is 2.15. The fraction of sp³-hybridized carbons (Fsp3) is 0.160. The van der Waals surface area contributed by atoms with Crippen molar-refractivity contribution in [3.05, 3.63) is 77.9 Å². The van der Waals surface area contributed by atoms with Gasteiger partial charge in [0.2, 0.25) is 5.91 Å². The maximum absolute atomic E-state index is 12.7. The molecule has 0 saturated heterocycles. The lowest BCUT2D eigenvalue weighted by Gasteiger charge is -2.12. The lowest BCUT2D eigenvalue weighted by Crippen LogP contribution is -2.16. The molecule has 1 amide bonds. The second kappa shape index (κ2) is 7.26. The normalized spacial score (nSPS) is 11.4. The molecule has 0 unspecified atom stereocenters. The van der Waals surface area contributed by atoms with Gasteiger partial charge in [-0.2, -0.15) is 0 Å². The molecule has 148 valence electrons. The summed E-state index contributed by atoms with van der Waals surface area (Å²) in [5.74, 6) is -0.00733. The Morgan fingerprint density at radius 3 is 2.30 bits per heavy atom. The Labute approximate surface area is 174 Å². The molecule has 0 fully saturated rings. The second-order valence-electron chi connectivity index (χ2n) is 7.62. The number of carbonyl (C=O) groups excluding carboxylic acids is 1. The summed E-state index contributed by atoms with van der Waals surface area (Å²) < 4.78 is 2.11. The maximum atomic E-state index is 12.7. The molecule has 0 atom stereocenters. The molecule has 0 aliphatic rings. The van der Waals surface area contributed by atoms with Gasteiger partial charge >= 0.3 is 0 Å². The Morgan fingerprint density at radius 1 is 0.867 bits per heavy atom. The third-order valence-electron chi connectivity index (χ3n) is 5.57. The number of anilines is 1. The van der Waals surface area contributed by atoms with Crippen LogP contribution in [0, 0.1) is 13.8 Å². The highest BCUT2D eigenvalue weighted by Crippen LogP contribution is 2.28. The molecule has 2 heterocycles. The van der Waals surface area contributed by atoms with E-state index < -0.39 is 0 Å². The largest absolute Gasteiger partial charge is 0.326 e. The van der Waals surface area contributed by atoms with Crippen LogP contribution in [0.15, 0.2) is 66.7 Å². The highest BCUT2D eigenvalue weighted by atomic mass is 16.1. The van der Waals surface area contributed by atoms with E-state index in [1.54, 1.807) is 0 Å². The van der Waals surface area contributed by atoms with Crippen LogP contribution in [0.3, 0.4) is 0 Å². The molecule has 5 heteroatoms. The van der Waals surface area contributed by atoms with Crippen LogP contribution in [0.2, 0.25) is 0 Å². The van der Waals surface area contributed by atoms with Crippen molar-refractivity contribution in [3.8, 4) is 0 Å². The zero-order valence-electron chi connectivity index (χ0n) is 17.0. The van der Waals surface area contributed by atoms with Gasteiger partial charge in [0.15, 0.2) is 5.65 Å². The monoisotopic (exact) mass is 394 g/mol. The first-order chi connectivity index (χ1) is 14.6. The van der Waals surface area contributed by atoms with E-state index in [1.807, 2.05) is 68.4 Å². The Hall–Kier alpha value is -3.73. The van der Waals surface area contributed by atoms with Crippen molar-refractivity contribution >= 4 is 44.7 Å². The molecule has 5 nitrogen and oxygen atoms in total. The predicted molar refractivity (Wildman–Crippen MR) is 122 cm³/mol. The van der Waals surface area contributed by atoms with Crippen LogP contribution in [-0.4, -0.2) is 20.4 Å². The minimum atomic E-state index is -0.00733. The average molecular weight is 394 g/mol. The van der Waals surface area contributed by atoms with Crippen LogP contribution < -0.4 is 5.32 Å². The van der Waals surface area contributed by atoms with Crippen LogP contribution in [0.5, 0.6) is 0 Å². The molecule has 1 N–H and O–H groups in total. The van der Waals surface area contributed by atoms with Crippen molar-refractivity contribution in [2.75, 3.05) is 5.32 Å². The molecule has 0 radical (unpaired) electrons. The van der Waals surface area contributed by atoms with Gasteiger partial charge < -0.3 is 9.88 Å². The van der Waals surface area contributed by atoms with E-state index in [9.17, 15) is 4.79 Å². The molecule has 0 bridgehead atoms. The van der Waals surface area contributed by atoms with E-state index in [-0.39, 0.29) is 5.91 Å². The molecular weight excluding hydrogens is 372 g/mol. The molecule has 30 heavy (non-hydrogen) atoms.